The molecule has 3 rings (SSSR count). The van der Waals surface area contributed by atoms with Crippen molar-refractivity contribution in [2.75, 3.05) is 13.1 Å². The van der Waals surface area contributed by atoms with Gasteiger partial charge in [0.1, 0.15) is 5.82 Å². The normalized spacial score (nSPS) is 16.5. The molecule has 1 aliphatic heterocycles. The number of rotatable bonds is 3. The molecule has 1 fully saturated rings. The maximum absolute atomic E-state index is 6.06. The van der Waals surface area contributed by atoms with E-state index in [1.54, 1.807) is 0 Å². The molecule has 0 unspecified atom stereocenters. The molecule has 0 radical (unpaired) electrons. The number of benzene rings is 1. The van der Waals surface area contributed by atoms with Gasteiger partial charge in [-0.1, -0.05) is 27.5 Å². The van der Waals surface area contributed by atoms with Crippen LogP contribution in [0.5, 0.6) is 0 Å². The first-order valence-corrected chi connectivity index (χ1v) is 7.94. The molecule has 1 aliphatic rings. The average molecular weight is 356 g/mol. The van der Waals surface area contributed by atoms with Crippen molar-refractivity contribution >= 4 is 27.5 Å². The fraction of sp³-hybridized carbons (Fsp3) is 0.429. The van der Waals surface area contributed by atoms with Gasteiger partial charge in [0.2, 0.25) is 0 Å². The number of nitrogens with one attached hydrogen (secondary N) is 2. The molecule has 4 nitrogen and oxygen atoms in total. The maximum atomic E-state index is 6.06. The summed E-state index contributed by atoms with van der Waals surface area (Å²) in [6.07, 6.45) is 2.94. The lowest BCUT2D eigenvalue weighted by Gasteiger charge is -2.19. The third-order valence-electron chi connectivity index (χ3n) is 3.55. The summed E-state index contributed by atoms with van der Waals surface area (Å²) in [5.41, 5.74) is 1.12. The number of halogens is 2. The molecular formula is C14H16BrClN4. The van der Waals surface area contributed by atoms with Crippen molar-refractivity contribution in [2.45, 2.75) is 25.2 Å². The van der Waals surface area contributed by atoms with Gasteiger partial charge in [-0.05, 0) is 49.7 Å². The number of hydrogen-bond donors (Lipinski definition) is 2. The van der Waals surface area contributed by atoms with E-state index in [0.717, 1.165) is 59.1 Å². The molecule has 2 aromatic rings. The summed E-state index contributed by atoms with van der Waals surface area (Å²) in [6, 6.07) is 5.89. The number of nitrogens with zero attached hydrogens (tertiary/aromatic N) is 2. The van der Waals surface area contributed by atoms with Gasteiger partial charge in [0.15, 0.2) is 5.82 Å². The predicted molar refractivity (Wildman–Crippen MR) is 83.2 cm³/mol. The van der Waals surface area contributed by atoms with Crippen molar-refractivity contribution < 1.29 is 0 Å². The van der Waals surface area contributed by atoms with Crippen molar-refractivity contribution in [3.63, 3.8) is 0 Å². The van der Waals surface area contributed by atoms with Crippen LogP contribution in [0.1, 0.15) is 36.0 Å². The first-order chi connectivity index (χ1) is 9.70. The Morgan fingerprint density at radius 1 is 1.25 bits per heavy atom. The first kappa shape index (κ1) is 14.0. The highest BCUT2D eigenvalue weighted by Crippen LogP contribution is 2.23. The van der Waals surface area contributed by atoms with Crippen LogP contribution >= 0.6 is 27.5 Å². The Morgan fingerprint density at radius 3 is 2.80 bits per heavy atom. The second kappa shape index (κ2) is 6.24. The lowest BCUT2D eigenvalue weighted by Crippen LogP contribution is -2.27. The fourth-order valence-electron chi connectivity index (χ4n) is 2.56. The van der Waals surface area contributed by atoms with Crippen molar-refractivity contribution in [1.29, 1.82) is 0 Å². The van der Waals surface area contributed by atoms with Crippen LogP contribution in [0.25, 0.3) is 0 Å². The molecule has 0 amide bonds. The van der Waals surface area contributed by atoms with Crippen LogP contribution in [0, 0.1) is 0 Å². The van der Waals surface area contributed by atoms with Crippen LogP contribution in [0.15, 0.2) is 22.7 Å². The van der Waals surface area contributed by atoms with E-state index in [1.807, 2.05) is 12.1 Å². The van der Waals surface area contributed by atoms with E-state index in [2.05, 4.69) is 42.5 Å². The monoisotopic (exact) mass is 354 g/mol. The van der Waals surface area contributed by atoms with Gasteiger partial charge in [0.05, 0.1) is 0 Å². The Labute approximate surface area is 131 Å². The van der Waals surface area contributed by atoms with Crippen molar-refractivity contribution in [1.82, 2.24) is 20.5 Å². The van der Waals surface area contributed by atoms with E-state index in [0.29, 0.717) is 5.92 Å². The van der Waals surface area contributed by atoms with Crippen LogP contribution in [0.4, 0.5) is 0 Å². The average Bonchev–Trinajstić information content (AvgIpc) is 2.87. The lowest BCUT2D eigenvalue weighted by atomic mass is 9.98. The van der Waals surface area contributed by atoms with Gasteiger partial charge < -0.3 is 5.32 Å². The number of hydrogen-bond acceptors (Lipinski definition) is 3. The third kappa shape index (κ3) is 3.40. The Balaban J connectivity index is 1.73. The standard InChI is InChI=1S/C14H16BrClN4/c15-11-5-9(6-12(16)8-11)7-13-18-14(20-19-13)10-1-3-17-4-2-10/h5-6,8,10,17H,1-4,7H2,(H,18,19,20). The minimum atomic E-state index is 0.479. The van der Waals surface area contributed by atoms with Crippen LogP contribution in [-0.2, 0) is 6.42 Å². The molecular weight excluding hydrogens is 340 g/mol. The van der Waals surface area contributed by atoms with Crippen molar-refractivity contribution in [3.8, 4) is 0 Å². The molecule has 20 heavy (non-hydrogen) atoms. The minimum Gasteiger partial charge on any atom is -0.317 e. The predicted octanol–water partition coefficient (Wildman–Crippen LogP) is 3.28. The summed E-state index contributed by atoms with van der Waals surface area (Å²) < 4.78 is 0.984. The van der Waals surface area contributed by atoms with Gasteiger partial charge in [0, 0.05) is 21.8 Å². The Morgan fingerprint density at radius 2 is 2.05 bits per heavy atom. The number of aromatic amines is 1. The van der Waals surface area contributed by atoms with Crippen molar-refractivity contribution in [2.24, 2.45) is 0 Å². The highest BCUT2D eigenvalue weighted by atomic mass is 79.9. The van der Waals surface area contributed by atoms with Crippen LogP contribution < -0.4 is 5.32 Å². The fourth-order valence-corrected chi connectivity index (χ4v) is 3.49. The van der Waals surface area contributed by atoms with E-state index < -0.39 is 0 Å². The molecule has 106 valence electrons. The second-order valence-electron chi connectivity index (χ2n) is 5.12. The molecule has 0 spiro atoms. The molecule has 0 saturated carbocycles. The van der Waals surface area contributed by atoms with Gasteiger partial charge in [-0.3, -0.25) is 5.10 Å². The molecule has 2 N–H and O–H groups in total. The van der Waals surface area contributed by atoms with E-state index in [-0.39, 0.29) is 0 Å². The van der Waals surface area contributed by atoms with Crippen LogP contribution in [0.2, 0.25) is 5.02 Å². The third-order valence-corrected chi connectivity index (χ3v) is 4.22. The summed E-state index contributed by atoms with van der Waals surface area (Å²) in [7, 11) is 0. The smallest absolute Gasteiger partial charge is 0.153 e. The first-order valence-electron chi connectivity index (χ1n) is 6.77. The highest BCUT2D eigenvalue weighted by molar-refractivity contribution is 9.10. The van der Waals surface area contributed by atoms with Gasteiger partial charge in [-0.2, -0.15) is 5.10 Å². The zero-order valence-corrected chi connectivity index (χ0v) is 13.3. The van der Waals surface area contributed by atoms with E-state index in [1.165, 1.54) is 0 Å². The lowest BCUT2D eigenvalue weighted by molar-refractivity contribution is 0.446. The summed E-state index contributed by atoms with van der Waals surface area (Å²) in [6.45, 7) is 2.10. The molecule has 0 aliphatic carbocycles. The van der Waals surface area contributed by atoms with Crippen LogP contribution in [-0.4, -0.2) is 28.3 Å². The van der Waals surface area contributed by atoms with Gasteiger partial charge in [-0.15, -0.1) is 0 Å². The topological polar surface area (TPSA) is 53.6 Å². The van der Waals surface area contributed by atoms with E-state index >= 15 is 0 Å². The van der Waals surface area contributed by atoms with Crippen molar-refractivity contribution in [3.05, 3.63) is 44.9 Å². The molecule has 6 heteroatoms. The Kier molecular flexibility index (Phi) is 4.38. The quantitative estimate of drug-likeness (QED) is 0.888. The van der Waals surface area contributed by atoms with Gasteiger partial charge >= 0.3 is 0 Å². The highest BCUT2D eigenvalue weighted by Gasteiger charge is 2.19. The number of H-pyrrole nitrogens is 1. The van der Waals surface area contributed by atoms with Gasteiger partial charge in [0.25, 0.3) is 0 Å². The summed E-state index contributed by atoms with van der Waals surface area (Å²) >= 11 is 9.52. The Bertz CT molecular complexity index is 572. The molecule has 0 bridgehead atoms. The minimum absolute atomic E-state index is 0.479. The van der Waals surface area contributed by atoms with Crippen LogP contribution in [0.3, 0.4) is 0 Å². The zero-order chi connectivity index (χ0) is 13.9. The van der Waals surface area contributed by atoms with E-state index in [9.17, 15) is 0 Å². The zero-order valence-electron chi connectivity index (χ0n) is 11.0. The second-order valence-corrected chi connectivity index (χ2v) is 6.47. The molecule has 2 heterocycles. The summed E-state index contributed by atoms with van der Waals surface area (Å²) in [5.74, 6) is 2.32. The largest absolute Gasteiger partial charge is 0.317 e. The number of piperidine rings is 1. The molecule has 0 atom stereocenters. The summed E-state index contributed by atoms with van der Waals surface area (Å²) in [5, 5.41) is 11.5. The maximum Gasteiger partial charge on any atom is 0.153 e. The van der Waals surface area contributed by atoms with E-state index in [4.69, 9.17) is 11.6 Å². The molecule has 1 saturated heterocycles. The summed E-state index contributed by atoms with van der Waals surface area (Å²) in [4.78, 5) is 4.64. The molecule has 1 aromatic heterocycles. The Hall–Kier alpha value is -0.910. The SMILES string of the molecule is Clc1cc(Br)cc(Cc2nc(C3CCNCC3)n[nH]2)c1. The molecule has 1 aromatic carbocycles. The number of aromatic nitrogens is 3. The van der Waals surface area contributed by atoms with Gasteiger partial charge in [-0.25, -0.2) is 4.98 Å².